The maximum Gasteiger partial charge on any atom is 0.306 e. The number of hydrogen-bond donors (Lipinski definition) is 0. The normalized spacial score (nSPS) is 11.9. The third-order valence-electron chi connectivity index (χ3n) is 12.9. The molecule has 0 aromatic heterocycles. The largest absolute Gasteiger partial charge is 0.462 e. The van der Waals surface area contributed by atoms with Crippen LogP contribution in [-0.4, -0.2) is 37.2 Å². The van der Waals surface area contributed by atoms with Crippen molar-refractivity contribution in [1.82, 2.24) is 0 Å². The van der Waals surface area contributed by atoms with E-state index in [2.05, 4.69) is 20.8 Å². The Morgan fingerprint density at radius 2 is 0.435 bits per heavy atom. The first-order chi connectivity index (χ1) is 30.5. The highest BCUT2D eigenvalue weighted by Crippen LogP contribution is 2.17. The summed E-state index contributed by atoms with van der Waals surface area (Å²) in [7, 11) is 0. The summed E-state index contributed by atoms with van der Waals surface area (Å²) in [6, 6.07) is 0. The van der Waals surface area contributed by atoms with Crippen LogP contribution < -0.4 is 0 Å². The average Bonchev–Trinajstić information content (AvgIpc) is 3.27. The van der Waals surface area contributed by atoms with E-state index in [9.17, 15) is 14.4 Å². The first-order valence-electron chi connectivity index (χ1n) is 28.0. The van der Waals surface area contributed by atoms with E-state index in [0.29, 0.717) is 19.3 Å². The van der Waals surface area contributed by atoms with E-state index in [0.717, 1.165) is 57.8 Å². The Balaban J connectivity index is 4.24. The van der Waals surface area contributed by atoms with Crippen molar-refractivity contribution >= 4 is 17.9 Å². The molecule has 368 valence electrons. The molecule has 0 aromatic carbocycles. The van der Waals surface area contributed by atoms with Crippen LogP contribution in [0.5, 0.6) is 0 Å². The molecule has 0 aliphatic heterocycles. The minimum absolute atomic E-state index is 0.0614. The summed E-state index contributed by atoms with van der Waals surface area (Å²) in [5.74, 6) is -0.837. The molecular weight excluding hydrogens is 769 g/mol. The first kappa shape index (κ1) is 60.4. The number of carbonyl (C=O) groups is 3. The van der Waals surface area contributed by atoms with Crippen LogP contribution in [0.4, 0.5) is 0 Å². The molecular formula is C56H108O6. The van der Waals surface area contributed by atoms with E-state index in [-0.39, 0.29) is 31.1 Å². The molecule has 0 heterocycles. The number of hydrogen-bond acceptors (Lipinski definition) is 6. The van der Waals surface area contributed by atoms with Gasteiger partial charge >= 0.3 is 17.9 Å². The standard InChI is InChI=1S/C56H108O6/c1-4-7-10-13-16-19-22-24-26-28-29-31-32-34-37-40-43-46-49-55(58)61-52-53(51-60-54(57)48-45-42-39-36-21-18-15-12-9-6-3)62-56(59)50-47-44-41-38-35-33-30-27-25-23-20-17-14-11-8-5-2/h53H,4-52H2,1-3H3/t53-/m1/s1. The van der Waals surface area contributed by atoms with Gasteiger partial charge in [-0.05, 0) is 19.3 Å². The van der Waals surface area contributed by atoms with Crippen LogP contribution in [0.15, 0.2) is 0 Å². The number of unbranched alkanes of at least 4 members (excludes halogenated alkanes) is 41. The van der Waals surface area contributed by atoms with Crippen molar-refractivity contribution < 1.29 is 28.6 Å². The molecule has 0 aromatic rings. The zero-order valence-corrected chi connectivity index (χ0v) is 42.2. The monoisotopic (exact) mass is 877 g/mol. The molecule has 0 aliphatic carbocycles. The number of carbonyl (C=O) groups excluding carboxylic acids is 3. The van der Waals surface area contributed by atoms with Crippen LogP contribution in [0.2, 0.25) is 0 Å². The van der Waals surface area contributed by atoms with Gasteiger partial charge in [-0.3, -0.25) is 14.4 Å². The summed E-state index contributed by atoms with van der Waals surface area (Å²) < 4.78 is 16.8. The lowest BCUT2D eigenvalue weighted by Gasteiger charge is -2.18. The van der Waals surface area contributed by atoms with Gasteiger partial charge < -0.3 is 14.2 Å². The summed E-state index contributed by atoms with van der Waals surface area (Å²) in [6.07, 6.45) is 56.6. The van der Waals surface area contributed by atoms with Crippen LogP contribution in [0.1, 0.15) is 323 Å². The van der Waals surface area contributed by atoms with Gasteiger partial charge in [0.25, 0.3) is 0 Å². The second-order valence-corrected chi connectivity index (χ2v) is 19.2. The second-order valence-electron chi connectivity index (χ2n) is 19.2. The SMILES string of the molecule is CCCCCCCCCCCCCCCCCCCCC(=O)OC[C@@H](COC(=O)CCCCCCCCCCCC)OC(=O)CCCCCCCCCCCCCCCCCC. The minimum Gasteiger partial charge on any atom is -0.462 e. The zero-order valence-electron chi connectivity index (χ0n) is 42.2. The van der Waals surface area contributed by atoms with Crippen molar-refractivity contribution in [3.63, 3.8) is 0 Å². The van der Waals surface area contributed by atoms with Crippen molar-refractivity contribution in [2.45, 2.75) is 329 Å². The van der Waals surface area contributed by atoms with Crippen LogP contribution >= 0.6 is 0 Å². The van der Waals surface area contributed by atoms with Crippen LogP contribution in [0.25, 0.3) is 0 Å². The van der Waals surface area contributed by atoms with Gasteiger partial charge in [0.1, 0.15) is 13.2 Å². The smallest absolute Gasteiger partial charge is 0.306 e. The molecule has 0 amide bonds. The summed E-state index contributed by atoms with van der Waals surface area (Å²) in [5, 5.41) is 0. The molecule has 0 radical (unpaired) electrons. The highest BCUT2D eigenvalue weighted by atomic mass is 16.6. The van der Waals surface area contributed by atoms with Gasteiger partial charge in [-0.15, -0.1) is 0 Å². The fourth-order valence-corrected chi connectivity index (χ4v) is 8.62. The van der Waals surface area contributed by atoms with Gasteiger partial charge in [0.2, 0.25) is 0 Å². The van der Waals surface area contributed by atoms with E-state index in [4.69, 9.17) is 14.2 Å². The van der Waals surface area contributed by atoms with Crippen molar-refractivity contribution in [3.05, 3.63) is 0 Å². The molecule has 0 unspecified atom stereocenters. The van der Waals surface area contributed by atoms with Crippen molar-refractivity contribution in [1.29, 1.82) is 0 Å². The Labute approximate surface area is 387 Å². The Morgan fingerprint density at radius 3 is 0.645 bits per heavy atom. The van der Waals surface area contributed by atoms with Crippen molar-refractivity contribution in [2.24, 2.45) is 0 Å². The maximum atomic E-state index is 12.8. The quantitative estimate of drug-likeness (QED) is 0.0344. The zero-order chi connectivity index (χ0) is 45.1. The molecule has 1 atom stereocenters. The van der Waals surface area contributed by atoms with E-state index in [1.165, 1.54) is 225 Å². The topological polar surface area (TPSA) is 78.9 Å². The Morgan fingerprint density at radius 1 is 0.258 bits per heavy atom. The average molecular weight is 877 g/mol. The van der Waals surface area contributed by atoms with E-state index >= 15 is 0 Å². The van der Waals surface area contributed by atoms with Crippen LogP contribution in [0, 0.1) is 0 Å². The molecule has 0 spiro atoms. The van der Waals surface area contributed by atoms with Gasteiger partial charge in [0.05, 0.1) is 0 Å². The molecule has 0 fully saturated rings. The molecule has 0 bridgehead atoms. The third kappa shape index (κ3) is 49.4. The molecule has 0 N–H and O–H groups in total. The fraction of sp³-hybridized carbons (Fsp3) is 0.946. The second kappa shape index (κ2) is 52.0. The molecule has 0 saturated heterocycles. The van der Waals surface area contributed by atoms with Gasteiger partial charge in [0.15, 0.2) is 6.10 Å². The van der Waals surface area contributed by atoms with E-state index in [1.54, 1.807) is 0 Å². The van der Waals surface area contributed by atoms with Gasteiger partial charge in [-0.25, -0.2) is 0 Å². The lowest BCUT2D eigenvalue weighted by molar-refractivity contribution is -0.167. The van der Waals surface area contributed by atoms with Crippen molar-refractivity contribution in [2.75, 3.05) is 13.2 Å². The Kier molecular flexibility index (Phi) is 50.7. The van der Waals surface area contributed by atoms with Crippen LogP contribution in [0.3, 0.4) is 0 Å². The lowest BCUT2D eigenvalue weighted by Crippen LogP contribution is -2.30. The highest BCUT2D eigenvalue weighted by molar-refractivity contribution is 5.71. The highest BCUT2D eigenvalue weighted by Gasteiger charge is 2.19. The first-order valence-corrected chi connectivity index (χ1v) is 28.0. The Hall–Kier alpha value is -1.59. The molecule has 62 heavy (non-hydrogen) atoms. The summed E-state index contributed by atoms with van der Waals surface area (Å²) >= 11 is 0. The lowest BCUT2D eigenvalue weighted by atomic mass is 10.0. The summed E-state index contributed by atoms with van der Waals surface area (Å²) in [5.41, 5.74) is 0. The number of ether oxygens (including phenoxy) is 3. The predicted octanol–water partition coefficient (Wildman–Crippen LogP) is 18.4. The van der Waals surface area contributed by atoms with Gasteiger partial charge in [0, 0.05) is 19.3 Å². The molecule has 6 heteroatoms. The molecule has 0 rings (SSSR count). The van der Waals surface area contributed by atoms with E-state index in [1.807, 2.05) is 0 Å². The predicted molar refractivity (Wildman–Crippen MR) is 266 cm³/mol. The summed E-state index contributed by atoms with van der Waals surface area (Å²) in [6.45, 7) is 6.69. The van der Waals surface area contributed by atoms with Crippen LogP contribution in [-0.2, 0) is 28.6 Å². The Bertz CT molecular complexity index is 920. The molecule has 6 nitrogen and oxygen atoms in total. The maximum absolute atomic E-state index is 12.8. The molecule has 0 aliphatic rings. The number of esters is 3. The molecule has 0 saturated carbocycles. The summed E-state index contributed by atoms with van der Waals surface area (Å²) in [4.78, 5) is 38.0. The third-order valence-corrected chi connectivity index (χ3v) is 12.9. The fourth-order valence-electron chi connectivity index (χ4n) is 8.62. The van der Waals surface area contributed by atoms with Gasteiger partial charge in [-0.1, -0.05) is 284 Å². The van der Waals surface area contributed by atoms with Gasteiger partial charge in [-0.2, -0.15) is 0 Å². The van der Waals surface area contributed by atoms with Crippen molar-refractivity contribution in [3.8, 4) is 0 Å². The number of rotatable bonds is 52. The van der Waals surface area contributed by atoms with E-state index < -0.39 is 6.10 Å². The minimum atomic E-state index is -0.760.